The topological polar surface area (TPSA) is 77.8 Å². The quantitative estimate of drug-likeness (QED) is 0.463. The summed E-state index contributed by atoms with van der Waals surface area (Å²) in [7, 11) is 0. The summed E-state index contributed by atoms with van der Waals surface area (Å²) in [6.07, 6.45) is -0.867. The fourth-order valence-electron chi connectivity index (χ4n) is 3.06. The lowest BCUT2D eigenvalue weighted by Crippen LogP contribution is -2.68. The lowest BCUT2D eigenvalue weighted by Gasteiger charge is -2.50. The summed E-state index contributed by atoms with van der Waals surface area (Å²) < 4.78 is 0. The van der Waals surface area contributed by atoms with Crippen molar-refractivity contribution in [3.63, 3.8) is 0 Å². The van der Waals surface area contributed by atoms with Gasteiger partial charge in [0.2, 0.25) is 5.91 Å². The van der Waals surface area contributed by atoms with Crippen LogP contribution in [0.15, 0.2) is 24.3 Å². The first-order valence-electron chi connectivity index (χ1n) is 7.24. The van der Waals surface area contributed by atoms with Gasteiger partial charge in [-0.15, -0.1) is 0 Å². The molecule has 0 bridgehead atoms. The molecule has 2 N–H and O–H groups in total. The molecule has 1 saturated heterocycles. The molecular weight excluding hydrogens is 338 g/mol. The Morgan fingerprint density at radius 1 is 1.39 bits per heavy atom. The van der Waals surface area contributed by atoms with Crippen molar-refractivity contribution < 1.29 is 19.8 Å². The van der Waals surface area contributed by atoms with Crippen LogP contribution < -0.4 is 0 Å². The van der Waals surface area contributed by atoms with Gasteiger partial charge in [0.25, 0.3) is 0 Å². The van der Waals surface area contributed by atoms with Crippen LogP contribution in [0.4, 0.5) is 0 Å². The third-order valence-corrected chi connectivity index (χ3v) is 5.11. The molecule has 1 amide bonds. The minimum Gasteiger partial charge on any atom is -0.480 e. The molecule has 7 heteroatoms. The normalized spacial score (nSPS) is 23.1. The van der Waals surface area contributed by atoms with Gasteiger partial charge in [0, 0.05) is 21.4 Å². The average Bonchev–Trinajstić information content (AvgIpc) is 2.48. The minimum atomic E-state index is -1.09. The summed E-state index contributed by atoms with van der Waals surface area (Å²) in [5, 5.41) is 19.3. The van der Waals surface area contributed by atoms with Crippen molar-refractivity contribution in [1.82, 2.24) is 4.90 Å². The molecule has 0 aromatic heterocycles. The monoisotopic (exact) mass is 355 g/mol. The zero-order valence-electron chi connectivity index (χ0n) is 12.8. The van der Waals surface area contributed by atoms with E-state index in [9.17, 15) is 14.7 Å². The lowest BCUT2D eigenvalue weighted by molar-refractivity contribution is -0.171. The number of benzene rings is 1. The van der Waals surface area contributed by atoms with E-state index in [1.807, 2.05) is 13.0 Å². The van der Waals surface area contributed by atoms with Gasteiger partial charge in [-0.1, -0.05) is 48.9 Å². The molecule has 1 fully saturated rings. The maximum Gasteiger partial charge on any atom is 0.323 e. The molecule has 0 unspecified atom stereocenters. The number of nitrogens with zero attached hydrogens (tertiary/aromatic N) is 1. The maximum atomic E-state index is 12.1. The Kier molecular flexibility index (Phi) is 5.39. The highest BCUT2D eigenvalue weighted by Gasteiger charge is 2.53. The molecule has 124 valence electrons. The molecule has 1 aliphatic rings. The second kappa shape index (κ2) is 6.95. The zero-order valence-corrected chi connectivity index (χ0v) is 14.3. The number of carbonyl (C=O) groups excluding carboxylic acids is 1. The first kappa shape index (κ1) is 17.8. The molecule has 0 aliphatic carbocycles. The summed E-state index contributed by atoms with van der Waals surface area (Å²) in [5.41, 5.74) is 0.690. The highest BCUT2D eigenvalue weighted by molar-refractivity contribution is 7.80. The van der Waals surface area contributed by atoms with Gasteiger partial charge in [0.1, 0.15) is 6.54 Å². The third-order valence-electron chi connectivity index (χ3n) is 4.19. The fraction of sp³-hybridized carbons (Fsp3) is 0.438. The van der Waals surface area contributed by atoms with Crippen molar-refractivity contribution in [3.8, 4) is 0 Å². The molecule has 4 atom stereocenters. The number of carboxylic acids is 1. The Labute approximate surface area is 144 Å². The van der Waals surface area contributed by atoms with E-state index in [1.165, 1.54) is 11.8 Å². The van der Waals surface area contributed by atoms with Gasteiger partial charge in [-0.3, -0.25) is 9.59 Å². The summed E-state index contributed by atoms with van der Waals surface area (Å²) in [6.45, 7) is 2.95. The van der Waals surface area contributed by atoms with Crippen LogP contribution >= 0.6 is 23.8 Å². The number of carboxylic acid groups (broad SMARTS) is 1. The number of amides is 1. The second-order valence-corrected chi connectivity index (χ2v) is 6.60. The number of rotatable bonds is 6. The molecule has 0 saturated carbocycles. The second-order valence-electron chi connectivity index (χ2n) is 5.75. The van der Waals surface area contributed by atoms with E-state index in [4.69, 9.17) is 28.9 Å². The Hall–Kier alpha value is -1.50. The zero-order chi connectivity index (χ0) is 17.3. The molecule has 1 aromatic carbocycles. The highest BCUT2D eigenvalue weighted by atomic mass is 35.5. The van der Waals surface area contributed by atoms with Crippen molar-refractivity contribution in [3.05, 3.63) is 34.9 Å². The Morgan fingerprint density at radius 3 is 2.52 bits per heavy atom. The Balaban J connectivity index is 2.28. The first-order chi connectivity index (χ1) is 10.8. The number of aliphatic hydroxyl groups excluding tert-OH is 1. The van der Waals surface area contributed by atoms with Crippen LogP contribution in [-0.2, 0) is 9.59 Å². The number of carbonyl (C=O) groups is 2. The average molecular weight is 356 g/mol. The summed E-state index contributed by atoms with van der Waals surface area (Å²) >= 11 is 11.7. The smallest absolute Gasteiger partial charge is 0.323 e. The van der Waals surface area contributed by atoms with Crippen LogP contribution in [0.25, 0.3) is 0 Å². The SMILES string of the molecule is C[C@@H](O)[C@H]1C(=O)N(CC(=O)O)[C@@H]1[C@@H](C)C(=S)c1ccccc1Cl. The third kappa shape index (κ3) is 3.39. The van der Waals surface area contributed by atoms with E-state index in [0.717, 1.165) is 0 Å². The predicted molar refractivity (Wildman–Crippen MR) is 90.6 cm³/mol. The number of halogens is 1. The van der Waals surface area contributed by atoms with Gasteiger partial charge in [-0.2, -0.15) is 0 Å². The Morgan fingerprint density at radius 2 is 2.00 bits per heavy atom. The summed E-state index contributed by atoms with van der Waals surface area (Å²) in [5.74, 6) is -2.41. The van der Waals surface area contributed by atoms with Crippen molar-refractivity contribution in [1.29, 1.82) is 0 Å². The van der Waals surface area contributed by atoms with E-state index < -0.39 is 30.6 Å². The summed E-state index contributed by atoms with van der Waals surface area (Å²) in [6, 6.07) is 6.67. The van der Waals surface area contributed by atoms with E-state index in [0.29, 0.717) is 15.5 Å². The van der Waals surface area contributed by atoms with E-state index in [2.05, 4.69) is 0 Å². The van der Waals surface area contributed by atoms with Gasteiger partial charge in [0.15, 0.2) is 0 Å². The van der Waals surface area contributed by atoms with Crippen molar-refractivity contribution in [2.24, 2.45) is 11.8 Å². The molecular formula is C16H18ClNO4S. The van der Waals surface area contributed by atoms with Crippen molar-refractivity contribution in [2.75, 3.05) is 6.54 Å². The van der Waals surface area contributed by atoms with Gasteiger partial charge < -0.3 is 15.1 Å². The highest BCUT2D eigenvalue weighted by Crippen LogP contribution is 2.37. The van der Waals surface area contributed by atoms with Crippen LogP contribution in [0.1, 0.15) is 19.4 Å². The van der Waals surface area contributed by atoms with Crippen LogP contribution in [0.2, 0.25) is 5.02 Å². The number of aliphatic carboxylic acids is 1. The molecule has 2 rings (SSSR count). The first-order valence-corrected chi connectivity index (χ1v) is 8.03. The van der Waals surface area contributed by atoms with E-state index in [1.54, 1.807) is 18.2 Å². The number of hydrogen-bond acceptors (Lipinski definition) is 4. The predicted octanol–water partition coefficient (Wildman–Crippen LogP) is 1.99. The summed E-state index contributed by atoms with van der Waals surface area (Å²) in [4.78, 5) is 24.9. The number of thiocarbonyl (C=S) groups is 1. The van der Waals surface area contributed by atoms with E-state index in [-0.39, 0.29) is 11.8 Å². The standard InChI is InChI=1S/C16H18ClNO4S/c1-8(15(23)10-5-3-4-6-11(10)17)14-13(9(2)19)16(22)18(14)7-12(20)21/h3-6,8-9,13-14,19H,7H2,1-2H3,(H,20,21)/t8-,9-,13-,14-/m1/s1. The molecule has 23 heavy (non-hydrogen) atoms. The molecule has 0 spiro atoms. The van der Waals surface area contributed by atoms with Crippen LogP contribution in [0, 0.1) is 11.8 Å². The number of hydrogen-bond donors (Lipinski definition) is 2. The fourth-order valence-corrected chi connectivity index (χ4v) is 3.67. The minimum absolute atomic E-state index is 0.304. The van der Waals surface area contributed by atoms with Gasteiger partial charge in [0.05, 0.1) is 18.1 Å². The molecule has 1 aliphatic heterocycles. The Bertz CT molecular complexity index is 649. The van der Waals surface area contributed by atoms with E-state index >= 15 is 0 Å². The molecule has 5 nitrogen and oxygen atoms in total. The molecule has 1 heterocycles. The molecule has 1 aromatic rings. The lowest BCUT2D eigenvalue weighted by atomic mass is 9.74. The van der Waals surface area contributed by atoms with Crippen LogP contribution in [0.3, 0.4) is 0 Å². The number of likely N-dealkylation sites (tertiary alicyclic amines) is 1. The number of β-lactam (4-membered cyclic amide) rings is 1. The van der Waals surface area contributed by atoms with Crippen LogP contribution in [0.5, 0.6) is 0 Å². The van der Waals surface area contributed by atoms with Gasteiger partial charge in [-0.25, -0.2) is 0 Å². The largest absolute Gasteiger partial charge is 0.480 e. The van der Waals surface area contributed by atoms with Crippen molar-refractivity contribution >= 4 is 40.6 Å². The van der Waals surface area contributed by atoms with Crippen molar-refractivity contribution in [2.45, 2.75) is 26.0 Å². The number of aliphatic hydroxyl groups is 1. The van der Waals surface area contributed by atoms with Crippen LogP contribution in [-0.4, -0.2) is 50.5 Å². The maximum absolute atomic E-state index is 12.1. The van der Waals surface area contributed by atoms with Gasteiger partial charge in [-0.05, 0) is 13.0 Å². The molecule has 0 radical (unpaired) electrons. The van der Waals surface area contributed by atoms with Gasteiger partial charge >= 0.3 is 5.97 Å².